The molecule has 0 saturated carbocycles. The van der Waals surface area contributed by atoms with E-state index in [9.17, 15) is 9.59 Å². The number of hydrogen-bond acceptors (Lipinski definition) is 3. The predicted molar refractivity (Wildman–Crippen MR) is 44.6 cm³/mol. The highest BCUT2D eigenvalue weighted by atomic mass is 16.5. The van der Waals surface area contributed by atoms with Gasteiger partial charge in [0.2, 0.25) is 5.91 Å². The molecule has 0 unspecified atom stereocenters. The zero-order chi connectivity index (χ0) is 9.40. The summed E-state index contributed by atoms with van der Waals surface area (Å²) in [7, 11) is 0. The molecule has 12 heavy (non-hydrogen) atoms. The Labute approximate surface area is 72.3 Å². The fourth-order valence-corrected chi connectivity index (χ4v) is 0.582. The van der Waals surface area contributed by atoms with Gasteiger partial charge in [-0.15, -0.1) is 0 Å². The fourth-order valence-electron chi connectivity index (χ4n) is 0.582. The lowest BCUT2D eigenvalue weighted by Gasteiger charge is -2.03. The van der Waals surface area contributed by atoms with Crippen molar-refractivity contribution in [3.05, 3.63) is 0 Å². The Morgan fingerprint density at radius 2 is 1.92 bits per heavy atom. The lowest BCUT2D eigenvalue weighted by Crippen LogP contribution is -2.27. The number of carbonyl (C=O) groups excluding carboxylic acids is 2. The van der Waals surface area contributed by atoms with E-state index in [1.807, 2.05) is 0 Å². The van der Waals surface area contributed by atoms with Crippen molar-refractivity contribution in [3.8, 4) is 0 Å². The molecule has 0 heterocycles. The summed E-state index contributed by atoms with van der Waals surface area (Å²) in [6.45, 7) is 4.16. The maximum Gasteiger partial charge on any atom is 0.305 e. The van der Waals surface area contributed by atoms with E-state index in [4.69, 9.17) is 4.74 Å². The quantitative estimate of drug-likeness (QED) is 0.485. The molecule has 0 aliphatic rings. The largest absolute Gasteiger partial charge is 0.464 e. The Balaban J connectivity index is 3.21. The van der Waals surface area contributed by atoms with Crippen LogP contribution in [-0.2, 0) is 14.3 Å². The van der Waals surface area contributed by atoms with Gasteiger partial charge in [0, 0.05) is 12.8 Å². The molecule has 1 N–H and O–H groups in total. The van der Waals surface area contributed by atoms with Crippen LogP contribution in [0.4, 0.5) is 0 Å². The van der Waals surface area contributed by atoms with E-state index in [2.05, 4.69) is 5.32 Å². The maximum atomic E-state index is 10.7. The van der Waals surface area contributed by atoms with Gasteiger partial charge in [0.15, 0.2) is 0 Å². The number of esters is 1. The van der Waals surface area contributed by atoms with Crippen LogP contribution in [0.15, 0.2) is 0 Å². The van der Waals surface area contributed by atoms with Crippen LogP contribution in [-0.4, -0.2) is 25.0 Å². The van der Waals surface area contributed by atoms with Crippen LogP contribution in [0.1, 0.15) is 26.7 Å². The van der Waals surface area contributed by atoms with Crippen LogP contribution in [0.5, 0.6) is 0 Å². The molecule has 70 valence electrons. The minimum Gasteiger partial charge on any atom is -0.464 e. The first-order chi connectivity index (χ1) is 5.70. The molecule has 0 spiro atoms. The van der Waals surface area contributed by atoms with E-state index in [0.29, 0.717) is 19.4 Å². The number of amides is 1. The SMILES string of the molecule is CCC(=O)NCCOC(=O)CC. The zero-order valence-corrected chi connectivity index (χ0v) is 7.55. The third kappa shape index (κ3) is 5.70. The van der Waals surface area contributed by atoms with Gasteiger partial charge in [-0.25, -0.2) is 0 Å². The number of carbonyl (C=O) groups is 2. The highest BCUT2D eigenvalue weighted by molar-refractivity contribution is 5.75. The van der Waals surface area contributed by atoms with Gasteiger partial charge in [-0.2, -0.15) is 0 Å². The second-order valence-corrected chi connectivity index (χ2v) is 2.28. The summed E-state index contributed by atoms with van der Waals surface area (Å²) in [5.41, 5.74) is 0. The second kappa shape index (κ2) is 6.64. The third-order valence-electron chi connectivity index (χ3n) is 1.30. The second-order valence-electron chi connectivity index (χ2n) is 2.28. The molecule has 0 atom stereocenters. The maximum absolute atomic E-state index is 10.7. The Hall–Kier alpha value is -1.06. The van der Waals surface area contributed by atoms with E-state index in [0.717, 1.165) is 0 Å². The van der Waals surface area contributed by atoms with Crippen molar-refractivity contribution >= 4 is 11.9 Å². The summed E-state index contributed by atoms with van der Waals surface area (Å²) in [6.07, 6.45) is 0.837. The molecule has 4 nitrogen and oxygen atoms in total. The van der Waals surface area contributed by atoms with Crippen molar-refractivity contribution in [3.63, 3.8) is 0 Å². The Bertz CT molecular complexity index is 138. The van der Waals surface area contributed by atoms with E-state index >= 15 is 0 Å². The molecule has 0 aromatic carbocycles. The molecule has 0 radical (unpaired) electrons. The number of nitrogens with one attached hydrogen (secondary N) is 1. The first-order valence-corrected chi connectivity index (χ1v) is 4.13. The number of rotatable bonds is 5. The van der Waals surface area contributed by atoms with Gasteiger partial charge in [0.05, 0.1) is 6.54 Å². The van der Waals surface area contributed by atoms with Crippen molar-refractivity contribution in [2.75, 3.05) is 13.2 Å². The van der Waals surface area contributed by atoms with Crippen LogP contribution in [0.25, 0.3) is 0 Å². The van der Waals surface area contributed by atoms with Crippen LogP contribution in [0, 0.1) is 0 Å². The van der Waals surface area contributed by atoms with Crippen molar-refractivity contribution in [1.82, 2.24) is 5.32 Å². The Morgan fingerprint density at radius 3 is 2.42 bits per heavy atom. The highest BCUT2D eigenvalue weighted by Crippen LogP contribution is 1.82. The molecule has 0 aromatic rings. The number of hydrogen-bond donors (Lipinski definition) is 1. The monoisotopic (exact) mass is 173 g/mol. The van der Waals surface area contributed by atoms with Crippen molar-refractivity contribution in [1.29, 1.82) is 0 Å². The van der Waals surface area contributed by atoms with E-state index in [-0.39, 0.29) is 18.5 Å². The van der Waals surface area contributed by atoms with E-state index in [1.54, 1.807) is 13.8 Å². The van der Waals surface area contributed by atoms with Gasteiger partial charge in [0.25, 0.3) is 0 Å². The topological polar surface area (TPSA) is 55.4 Å². The van der Waals surface area contributed by atoms with Crippen molar-refractivity contribution in [2.45, 2.75) is 26.7 Å². The zero-order valence-electron chi connectivity index (χ0n) is 7.55. The molecule has 0 saturated heterocycles. The molecular formula is C8H15NO3. The first-order valence-electron chi connectivity index (χ1n) is 4.13. The van der Waals surface area contributed by atoms with Gasteiger partial charge in [0.1, 0.15) is 6.61 Å². The van der Waals surface area contributed by atoms with Crippen LogP contribution in [0.2, 0.25) is 0 Å². The summed E-state index contributed by atoms with van der Waals surface area (Å²) in [5, 5.41) is 2.60. The van der Waals surface area contributed by atoms with Crippen LogP contribution >= 0.6 is 0 Å². The molecule has 0 aliphatic heterocycles. The van der Waals surface area contributed by atoms with Crippen LogP contribution < -0.4 is 5.32 Å². The van der Waals surface area contributed by atoms with Crippen LogP contribution in [0.3, 0.4) is 0 Å². The molecule has 1 amide bonds. The third-order valence-corrected chi connectivity index (χ3v) is 1.30. The van der Waals surface area contributed by atoms with E-state index in [1.165, 1.54) is 0 Å². The molecule has 0 rings (SSSR count). The molecule has 0 aromatic heterocycles. The summed E-state index contributed by atoms with van der Waals surface area (Å²) >= 11 is 0. The summed E-state index contributed by atoms with van der Waals surface area (Å²) in [4.78, 5) is 21.3. The lowest BCUT2D eigenvalue weighted by atomic mass is 10.4. The van der Waals surface area contributed by atoms with Gasteiger partial charge in [-0.1, -0.05) is 13.8 Å². The minimum absolute atomic E-state index is 0.0254. The lowest BCUT2D eigenvalue weighted by molar-refractivity contribution is -0.143. The van der Waals surface area contributed by atoms with Gasteiger partial charge < -0.3 is 10.1 Å². The normalized spacial score (nSPS) is 9.17. The predicted octanol–water partition coefficient (Wildman–Crippen LogP) is 0.466. The molecule has 4 heteroatoms. The first kappa shape index (κ1) is 10.9. The fraction of sp³-hybridized carbons (Fsp3) is 0.750. The summed E-state index contributed by atoms with van der Waals surface area (Å²) in [5.74, 6) is -0.261. The summed E-state index contributed by atoms with van der Waals surface area (Å²) < 4.78 is 4.73. The Kier molecular flexibility index (Phi) is 6.05. The van der Waals surface area contributed by atoms with Gasteiger partial charge in [-0.05, 0) is 0 Å². The average Bonchev–Trinajstić information content (AvgIpc) is 2.11. The molecule has 0 fully saturated rings. The van der Waals surface area contributed by atoms with Crippen molar-refractivity contribution in [2.24, 2.45) is 0 Å². The van der Waals surface area contributed by atoms with Gasteiger partial charge >= 0.3 is 5.97 Å². The average molecular weight is 173 g/mol. The standard InChI is InChI=1S/C8H15NO3/c1-3-7(10)9-5-6-12-8(11)4-2/h3-6H2,1-2H3,(H,9,10). The smallest absolute Gasteiger partial charge is 0.305 e. The van der Waals surface area contributed by atoms with Crippen molar-refractivity contribution < 1.29 is 14.3 Å². The highest BCUT2D eigenvalue weighted by Gasteiger charge is 1.98. The van der Waals surface area contributed by atoms with E-state index < -0.39 is 0 Å². The van der Waals surface area contributed by atoms with Gasteiger partial charge in [-0.3, -0.25) is 9.59 Å². The summed E-state index contributed by atoms with van der Waals surface area (Å²) in [6, 6.07) is 0. The Morgan fingerprint density at radius 1 is 1.25 bits per heavy atom. The molecular weight excluding hydrogens is 158 g/mol. The minimum atomic E-state index is -0.235. The molecule has 0 aliphatic carbocycles. The number of ether oxygens (including phenoxy) is 1. The molecule has 0 bridgehead atoms.